The number of anilines is 1. The highest BCUT2D eigenvalue weighted by molar-refractivity contribution is 7.80. The molecule has 0 atom stereocenters. The normalized spacial score (nSPS) is 16.6. The van der Waals surface area contributed by atoms with Crippen LogP contribution in [0.1, 0.15) is 26.7 Å². The molecule has 0 unspecified atom stereocenters. The third-order valence-corrected chi connectivity index (χ3v) is 3.97. The standard InChI is InChI=1S/C14H17ClN2O2S/c1-3-14(4-2)13(18)17(8-12(16)20)10-7-9(15)5-6-11(10)19-14/h5-7H,3-4,8H2,1-2H3,(H2,16,20). The predicted octanol–water partition coefficient (Wildman–Crippen LogP) is 2.91. The molecule has 0 saturated carbocycles. The summed E-state index contributed by atoms with van der Waals surface area (Å²) in [5.41, 5.74) is 5.38. The van der Waals surface area contributed by atoms with Gasteiger partial charge in [0.2, 0.25) is 0 Å². The van der Waals surface area contributed by atoms with Crippen LogP contribution in [0.25, 0.3) is 0 Å². The molecule has 2 rings (SSSR count). The van der Waals surface area contributed by atoms with E-state index < -0.39 is 5.60 Å². The molecule has 0 aromatic heterocycles. The van der Waals surface area contributed by atoms with Gasteiger partial charge in [-0.3, -0.25) is 9.69 Å². The quantitative estimate of drug-likeness (QED) is 0.869. The van der Waals surface area contributed by atoms with Gasteiger partial charge in [0, 0.05) is 5.02 Å². The van der Waals surface area contributed by atoms with Gasteiger partial charge in [-0.15, -0.1) is 0 Å². The smallest absolute Gasteiger partial charge is 0.271 e. The van der Waals surface area contributed by atoms with Crippen molar-refractivity contribution in [1.82, 2.24) is 0 Å². The number of carbonyl (C=O) groups is 1. The van der Waals surface area contributed by atoms with E-state index in [9.17, 15) is 4.79 Å². The van der Waals surface area contributed by atoms with Crippen molar-refractivity contribution < 1.29 is 9.53 Å². The van der Waals surface area contributed by atoms with E-state index in [0.29, 0.717) is 29.3 Å². The third kappa shape index (κ3) is 2.47. The first-order valence-corrected chi connectivity index (χ1v) is 7.31. The lowest BCUT2D eigenvalue weighted by Gasteiger charge is -2.41. The summed E-state index contributed by atoms with van der Waals surface area (Å²) in [5, 5.41) is 0.536. The maximum Gasteiger partial charge on any atom is 0.271 e. The summed E-state index contributed by atoms with van der Waals surface area (Å²) in [6.45, 7) is 4.05. The fraction of sp³-hybridized carbons (Fsp3) is 0.429. The summed E-state index contributed by atoms with van der Waals surface area (Å²) in [5.74, 6) is 0.513. The van der Waals surface area contributed by atoms with Gasteiger partial charge in [0.25, 0.3) is 5.91 Å². The first-order valence-electron chi connectivity index (χ1n) is 6.52. The van der Waals surface area contributed by atoms with Gasteiger partial charge in [0.1, 0.15) is 5.75 Å². The average Bonchev–Trinajstić information content (AvgIpc) is 2.42. The van der Waals surface area contributed by atoms with Gasteiger partial charge in [-0.1, -0.05) is 37.7 Å². The molecular weight excluding hydrogens is 296 g/mol. The second-order valence-electron chi connectivity index (χ2n) is 4.77. The number of nitrogens with two attached hydrogens (primary N) is 1. The highest BCUT2D eigenvalue weighted by Crippen LogP contribution is 2.41. The number of hydrogen-bond acceptors (Lipinski definition) is 3. The van der Waals surface area contributed by atoms with Gasteiger partial charge in [0.15, 0.2) is 5.60 Å². The lowest BCUT2D eigenvalue weighted by atomic mass is 9.92. The number of fused-ring (bicyclic) bond motifs is 1. The van der Waals surface area contributed by atoms with Gasteiger partial charge in [0.05, 0.1) is 17.2 Å². The SMILES string of the molecule is CCC1(CC)Oc2ccc(Cl)cc2N(CC(N)=S)C1=O. The maximum atomic E-state index is 12.8. The van der Waals surface area contributed by atoms with Gasteiger partial charge in [-0.05, 0) is 31.0 Å². The Balaban J connectivity index is 2.55. The molecule has 0 spiro atoms. The number of carbonyl (C=O) groups excluding carboxylic acids is 1. The molecule has 108 valence electrons. The minimum absolute atomic E-state index is 0.120. The fourth-order valence-corrected chi connectivity index (χ4v) is 2.70. The summed E-state index contributed by atoms with van der Waals surface area (Å²) in [7, 11) is 0. The molecule has 1 aromatic rings. The fourth-order valence-electron chi connectivity index (χ4n) is 2.41. The Bertz CT molecular complexity index is 558. The molecule has 20 heavy (non-hydrogen) atoms. The molecule has 6 heteroatoms. The molecular formula is C14H17ClN2O2S. The number of thiocarbonyl (C=S) groups is 1. The van der Waals surface area contributed by atoms with Crippen LogP contribution in [-0.2, 0) is 4.79 Å². The molecule has 1 aromatic carbocycles. The number of benzene rings is 1. The summed E-state index contributed by atoms with van der Waals surface area (Å²) < 4.78 is 5.96. The van der Waals surface area contributed by atoms with Crippen LogP contribution in [0, 0.1) is 0 Å². The van der Waals surface area contributed by atoms with Crippen molar-refractivity contribution in [3.8, 4) is 5.75 Å². The average molecular weight is 313 g/mol. The van der Waals surface area contributed by atoms with Crippen molar-refractivity contribution in [1.29, 1.82) is 0 Å². The molecule has 1 aliphatic heterocycles. The van der Waals surface area contributed by atoms with E-state index in [1.807, 2.05) is 13.8 Å². The van der Waals surface area contributed by atoms with E-state index in [1.54, 1.807) is 23.1 Å². The minimum atomic E-state index is -0.856. The number of amides is 1. The van der Waals surface area contributed by atoms with Crippen molar-refractivity contribution in [3.05, 3.63) is 23.2 Å². The lowest BCUT2D eigenvalue weighted by Crippen LogP contribution is -2.57. The molecule has 0 saturated heterocycles. The predicted molar refractivity (Wildman–Crippen MR) is 84.5 cm³/mol. The van der Waals surface area contributed by atoms with Crippen LogP contribution in [0.15, 0.2) is 18.2 Å². The number of rotatable bonds is 4. The van der Waals surface area contributed by atoms with E-state index in [0.717, 1.165) is 0 Å². The highest BCUT2D eigenvalue weighted by Gasteiger charge is 2.45. The van der Waals surface area contributed by atoms with Crippen LogP contribution >= 0.6 is 23.8 Å². The summed E-state index contributed by atoms with van der Waals surface area (Å²) in [4.78, 5) is 14.6. The van der Waals surface area contributed by atoms with Crippen LogP contribution < -0.4 is 15.4 Å². The van der Waals surface area contributed by atoms with Crippen LogP contribution in [-0.4, -0.2) is 23.0 Å². The lowest BCUT2D eigenvalue weighted by molar-refractivity contribution is -0.136. The number of halogens is 1. The zero-order valence-corrected chi connectivity index (χ0v) is 13.1. The van der Waals surface area contributed by atoms with Gasteiger partial charge in [-0.2, -0.15) is 0 Å². The molecule has 1 heterocycles. The second-order valence-corrected chi connectivity index (χ2v) is 5.73. The Hall–Kier alpha value is -1.33. The number of ether oxygens (including phenoxy) is 1. The van der Waals surface area contributed by atoms with Gasteiger partial charge >= 0.3 is 0 Å². The monoisotopic (exact) mass is 312 g/mol. The van der Waals surface area contributed by atoms with Crippen molar-refractivity contribution in [2.24, 2.45) is 5.73 Å². The molecule has 0 bridgehead atoms. The Morgan fingerprint density at radius 2 is 2.10 bits per heavy atom. The Labute approximate surface area is 128 Å². The Kier molecular flexibility index (Phi) is 4.20. The summed E-state index contributed by atoms with van der Waals surface area (Å²) in [6, 6.07) is 5.21. The first-order chi connectivity index (χ1) is 9.43. The van der Waals surface area contributed by atoms with E-state index in [4.69, 9.17) is 34.3 Å². The molecule has 0 aliphatic carbocycles. The van der Waals surface area contributed by atoms with E-state index >= 15 is 0 Å². The van der Waals surface area contributed by atoms with Crippen molar-refractivity contribution in [2.75, 3.05) is 11.4 Å². The van der Waals surface area contributed by atoms with Crippen molar-refractivity contribution in [2.45, 2.75) is 32.3 Å². The Morgan fingerprint density at radius 1 is 1.45 bits per heavy atom. The van der Waals surface area contributed by atoms with Crippen molar-refractivity contribution >= 4 is 40.4 Å². The van der Waals surface area contributed by atoms with Crippen molar-refractivity contribution in [3.63, 3.8) is 0 Å². The number of nitrogens with zero attached hydrogens (tertiary/aromatic N) is 1. The van der Waals surface area contributed by atoms with E-state index in [2.05, 4.69) is 0 Å². The van der Waals surface area contributed by atoms with Crippen LogP contribution in [0.2, 0.25) is 5.02 Å². The molecule has 4 nitrogen and oxygen atoms in total. The van der Waals surface area contributed by atoms with E-state index in [-0.39, 0.29) is 17.4 Å². The van der Waals surface area contributed by atoms with Crippen LogP contribution in [0.5, 0.6) is 5.75 Å². The van der Waals surface area contributed by atoms with Gasteiger partial charge < -0.3 is 10.5 Å². The zero-order chi connectivity index (χ0) is 14.9. The topological polar surface area (TPSA) is 55.6 Å². The largest absolute Gasteiger partial charge is 0.475 e. The van der Waals surface area contributed by atoms with Crippen LogP contribution in [0.3, 0.4) is 0 Å². The number of hydrogen-bond donors (Lipinski definition) is 1. The molecule has 0 radical (unpaired) electrons. The second kappa shape index (κ2) is 5.58. The maximum absolute atomic E-state index is 12.8. The van der Waals surface area contributed by atoms with Gasteiger partial charge in [-0.25, -0.2) is 0 Å². The third-order valence-electron chi connectivity index (χ3n) is 3.61. The summed E-state index contributed by atoms with van der Waals surface area (Å²) >= 11 is 11.0. The minimum Gasteiger partial charge on any atom is -0.475 e. The molecule has 1 amide bonds. The summed E-state index contributed by atoms with van der Waals surface area (Å²) in [6.07, 6.45) is 1.16. The first kappa shape index (κ1) is 15.1. The molecule has 2 N–H and O–H groups in total. The highest BCUT2D eigenvalue weighted by atomic mass is 35.5. The molecule has 0 fully saturated rings. The van der Waals surface area contributed by atoms with Crippen LogP contribution in [0.4, 0.5) is 5.69 Å². The Morgan fingerprint density at radius 3 is 2.65 bits per heavy atom. The molecule has 1 aliphatic rings. The van der Waals surface area contributed by atoms with E-state index in [1.165, 1.54) is 0 Å². The zero-order valence-electron chi connectivity index (χ0n) is 11.5.